The van der Waals surface area contributed by atoms with Gasteiger partial charge >= 0.3 is 0 Å². The second kappa shape index (κ2) is 11.8. The molecule has 0 N–H and O–H groups in total. The molecule has 0 radical (unpaired) electrons. The molecule has 0 spiro atoms. The van der Waals surface area contributed by atoms with Crippen molar-refractivity contribution in [3.05, 3.63) is 84.1 Å². The molecule has 5 aromatic rings. The summed E-state index contributed by atoms with van der Waals surface area (Å²) in [6.45, 7) is 4.05. The van der Waals surface area contributed by atoms with Crippen LogP contribution < -0.4 is 4.31 Å². The van der Waals surface area contributed by atoms with Gasteiger partial charge in [0, 0.05) is 30.0 Å². The van der Waals surface area contributed by atoms with Crippen LogP contribution in [0.3, 0.4) is 0 Å². The van der Waals surface area contributed by atoms with Gasteiger partial charge in [0.1, 0.15) is 13.0 Å². The molecule has 0 amide bonds. The lowest BCUT2D eigenvalue weighted by molar-refractivity contribution is 0.0744. The number of ether oxygens (including phenoxy) is 2. The Hall–Kier alpha value is -4.33. The van der Waals surface area contributed by atoms with Crippen LogP contribution in [0.5, 0.6) is 0 Å². The molecule has 12 nitrogen and oxygen atoms in total. The number of methoxy groups -OCH3 is 1. The van der Waals surface area contributed by atoms with Crippen LogP contribution >= 0.6 is 0 Å². The second-order valence-electron chi connectivity index (χ2n) is 8.89. The molecule has 0 bridgehead atoms. The van der Waals surface area contributed by atoms with Gasteiger partial charge in [-0.1, -0.05) is 34.6 Å². The zero-order valence-electron chi connectivity index (χ0n) is 22.2. The molecule has 0 aliphatic rings. The maximum Gasteiger partial charge on any atom is 0.269 e. The third-order valence-electron chi connectivity index (χ3n) is 6.33. The molecule has 208 valence electrons. The normalized spacial score (nSPS) is 11.7. The van der Waals surface area contributed by atoms with Gasteiger partial charge < -0.3 is 18.4 Å². The number of rotatable bonds is 12. The van der Waals surface area contributed by atoms with Gasteiger partial charge in [-0.3, -0.25) is 0 Å². The highest BCUT2D eigenvalue weighted by atomic mass is 32.2. The molecule has 13 heteroatoms. The lowest BCUT2D eigenvalue weighted by Crippen LogP contribution is -2.34. The molecule has 5 rings (SSSR count). The number of aromatic nitrogens is 5. The van der Waals surface area contributed by atoms with E-state index in [1.54, 1.807) is 68.5 Å². The first kappa shape index (κ1) is 27.2. The van der Waals surface area contributed by atoms with Crippen molar-refractivity contribution in [2.45, 2.75) is 25.3 Å². The summed E-state index contributed by atoms with van der Waals surface area (Å²) >= 11 is 0. The number of hydrogen-bond donors (Lipinski definition) is 0. The smallest absolute Gasteiger partial charge is 0.269 e. The van der Waals surface area contributed by atoms with Crippen LogP contribution in [0.15, 0.2) is 81.2 Å². The minimum Gasteiger partial charge on any atom is -0.445 e. The van der Waals surface area contributed by atoms with E-state index in [1.807, 2.05) is 18.2 Å². The van der Waals surface area contributed by atoms with Gasteiger partial charge in [-0.15, -0.1) is 5.10 Å². The zero-order chi connectivity index (χ0) is 28.1. The van der Waals surface area contributed by atoms with Crippen molar-refractivity contribution >= 4 is 15.9 Å². The van der Waals surface area contributed by atoms with Crippen LogP contribution in [0.2, 0.25) is 0 Å². The van der Waals surface area contributed by atoms with E-state index in [0.29, 0.717) is 41.4 Å². The molecule has 0 aliphatic carbocycles. The minimum atomic E-state index is -4.19. The summed E-state index contributed by atoms with van der Waals surface area (Å²) in [6, 6.07) is 12.4. The first-order valence-corrected chi connectivity index (χ1v) is 13.8. The third-order valence-corrected chi connectivity index (χ3v) is 8.10. The Labute approximate surface area is 231 Å². The van der Waals surface area contributed by atoms with E-state index in [-0.39, 0.29) is 24.1 Å². The van der Waals surface area contributed by atoms with Crippen molar-refractivity contribution in [2.24, 2.45) is 0 Å². The van der Waals surface area contributed by atoms with Gasteiger partial charge in [0.25, 0.3) is 10.0 Å². The topological polar surface area (TPSA) is 139 Å². The molecular formula is C27H28N6O6S. The van der Waals surface area contributed by atoms with E-state index in [2.05, 4.69) is 20.5 Å². The molecule has 0 aliphatic heterocycles. The number of sulfonamides is 1. The van der Waals surface area contributed by atoms with Gasteiger partial charge in [0.15, 0.2) is 0 Å². The van der Waals surface area contributed by atoms with Crippen molar-refractivity contribution in [1.29, 1.82) is 0 Å². The third kappa shape index (κ3) is 5.52. The van der Waals surface area contributed by atoms with Gasteiger partial charge in [-0.25, -0.2) is 22.4 Å². The standard InChI is InChI=1S/C27H28N6O6S/c1-19-20(2)30-39-27(19)33(18-37-15-14-36-3)40(34,35)25-7-5-4-6-24(25)23-9-8-21(26-28-11-13-38-26)16-22(23)17-32-12-10-29-31-32/h4-13,16H,14-15,17-18H2,1-3H3. The van der Waals surface area contributed by atoms with E-state index in [9.17, 15) is 8.42 Å². The van der Waals surface area contributed by atoms with Crippen LogP contribution in [0, 0.1) is 13.8 Å². The predicted octanol–water partition coefficient (Wildman–Crippen LogP) is 4.07. The summed E-state index contributed by atoms with van der Waals surface area (Å²) in [6.07, 6.45) is 6.38. The summed E-state index contributed by atoms with van der Waals surface area (Å²) in [5.74, 6) is 0.537. The van der Waals surface area contributed by atoms with Crippen LogP contribution in [0.4, 0.5) is 5.88 Å². The fourth-order valence-electron chi connectivity index (χ4n) is 4.17. The molecule has 3 heterocycles. The second-order valence-corrected chi connectivity index (χ2v) is 10.7. The van der Waals surface area contributed by atoms with Gasteiger partial charge in [-0.05, 0) is 43.2 Å². The maximum absolute atomic E-state index is 14.3. The SMILES string of the molecule is COCCOCN(c1onc(C)c1C)S(=O)(=O)c1ccccc1-c1ccc(-c2ncco2)cc1Cn1ccnn1. The Morgan fingerprint density at radius 3 is 2.60 bits per heavy atom. The van der Waals surface area contributed by atoms with Crippen LogP contribution in [-0.2, 0) is 26.0 Å². The van der Waals surface area contributed by atoms with Crippen molar-refractivity contribution in [3.8, 4) is 22.6 Å². The first-order chi connectivity index (χ1) is 19.4. The van der Waals surface area contributed by atoms with Crippen LogP contribution in [0.1, 0.15) is 16.8 Å². The lowest BCUT2D eigenvalue weighted by Gasteiger charge is -2.24. The van der Waals surface area contributed by atoms with Crippen molar-refractivity contribution in [2.75, 3.05) is 31.4 Å². The summed E-state index contributed by atoms with van der Waals surface area (Å²) in [5, 5.41) is 12.0. The Bertz CT molecular complexity index is 1670. The molecule has 40 heavy (non-hydrogen) atoms. The number of anilines is 1. The van der Waals surface area contributed by atoms with E-state index in [1.165, 1.54) is 6.26 Å². The minimum absolute atomic E-state index is 0.0718. The highest BCUT2D eigenvalue weighted by Crippen LogP contribution is 2.36. The molecule has 3 aromatic heterocycles. The van der Waals surface area contributed by atoms with E-state index in [4.69, 9.17) is 18.4 Å². The van der Waals surface area contributed by atoms with Crippen molar-refractivity contribution in [1.82, 2.24) is 25.1 Å². The predicted molar refractivity (Wildman–Crippen MR) is 145 cm³/mol. The van der Waals surface area contributed by atoms with Crippen LogP contribution in [-0.4, -0.2) is 60.6 Å². The Morgan fingerprint density at radius 1 is 1.05 bits per heavy atom. The van der Waals surface area contributed by atoms with Gasteiger partial charge in [0.2, 0.25) is 11.8 Å². The average Bonchev–Trinajstić information content (AvgIpc) is 3.74. The van der Waals surface area contributed by atoms with Gasteiger partial charge in [-0.2, -0.15) is 0 Å². The number of hydrogen-bond acceptors (Lipinski definition) is 10. The molecular weight excluding hydrogens is 536 g/mol. The van der Waals surface area contributed by atoms with E-state index >= 15 is 0 Å². The highest BCUT2D eigenvalue weighted by Gasteiger charge is 2.32. The summed E-state index contributed by atoms with van der Waals surface area (Å²) in [7, 11) is -2.65. The summed E-state index contributed by atoms with van der Waals surface area (Å²) in [5.41, 5.74) is 3.89. The lowest BCUT2D eigenvalue weighted by atomic mass is 9.97. The Kier molecular flexibility index (Phi) is 8.05. The molecule has 0 saturated heterocycles. The monoisotopic (exact) mass is 564 g/mol. The van der Waals surface area contributed by atoms with E-state index in [0.717, 1.165) is 15.4 Å². The molecule has 0 fully saturated rings. The molecule has 2 aromatic carbocycles. The number of oxazole rings is 1. The quantitative estimate of drug-likeness (QED) is 0.161. The fourth-order valence-corrected chi connectivity index (χ4v) is 5.72. The summed E-state index contributed by atoms with van der Waals surface area (Å²) < 4.78 is 53.0. The molecule has 0 saturated carbocycles. The molecule has 0 unspecified atom stereocenters. The molecule has 0 atom stereocenters. The zero-order valence-corrected chi connectivity index (χ0v) is 23.0. The number of nitrogens with zero attached hydrogens (tertiary/aromatic N) is 6. The summed E-state index contributed by atoms with van der Waals surface area (Å²) in [4.78, 5) is 4.32. The van der Waals surface area contributed by atoms with E-state index < -0.39 is 10.0 Å². The maximum atomic E-state index is 14.3. The largest absolute Gasteiger partial charge is 0.445 e. The fraction of sp³-hybridized carbons (Fsp3) is 0.259. The number of benzene rings is 2. The van der Waals surface area contributed by atoms with Crippen LogP contribution in [0.25, 0.3) is 22.6 Å². The average molecular weight is 565 g/mol. The first-order valence-electron chi connectivity index (χ1n) is 12.4. The highest BCUT2D eigenvalue weighted by molar-refractivity contribution is 7.93. The number of aryl methyl sites for hydroxylation is 1. The van der Waals surface area contributed by atoms with Crippen molar-refractivity contribution in [3.63, 3.8) is 0 Å². The Balaban J connectivity index is 1.62. The van der Waals surface area contributed by atoms with Gasteiger partial charge in [0.05, 0.1) is 42.7 Å². The Morgan fingerprint density at radius 2 is 1.90 bits per heavy atom. The van der Waals surface area contributed by atoms with Crippen molar-refractivity contribution < 1.29 is 26.8 Å².